The number of primary amides is 1. The largest absolute Gasteiger partial charge is 0.459 e. The number of nitrogens with zero attached hydrogens (tertiary/aromatic N) is 5. The van der Waals surface area contributed by atoms with Gasteiger partial charge in [-0.15, -0.1) is 22.7 Å². The number of morpholine rings is 1. The van der Waals surface area contributed by atoms with Crippen LogP contribution in [0.5, 0.6) is 0 Å². The Hall–Kier alpha value is -3.85. The maximum atomic E-state index is 12.8. The third-order valence-electron chi connectivity index (χ3n) is 6.17. The van der Waals surface area contributed by atoms with E-state index in [9.17, 15) is 9.59 Å². The van der Waals surface area contributed by atoms with Crippen LogP contribution in [0.3, 0.4) is 0 Å². The van der Waals surface area contributed by atoms with Gasteiger partial charge in [-0.05, 0) is 0 Å². The minimum Gasteiger partial charge on any atom is -0.459 e. The summed E-state index contributed by atoms with van der Waals surface area (Å²) in [7, 11) is 0. The summed E-state index contributed by atoms with van der Waals surface area (Å²) in [4.78, 5) is 41.8. The smallest absolute Gasteiger partial charge is 0.254 e. The Labute approximate surface area is 223 Å². The van der Waals surface area contributed by atoms with E-state index in [2.05, 4.69) is 25.2 Å². The van der Waals surface area contributed by atoms with E-state index >= 15 is 0 Å². The van der Waals surface area contributed by atoms with Crippen molar-refractivity contribution in [2.24, 2.45) is 11.5 Å². The SMILES string of the molecule is NCCNc1nc(Cc2cnc(-c3coc4c(=O)cc(N5CCOCC5)sc34)s2)c(C(N)=O)c2nccn12. The molecule has 0 unspecified atom stereocenters. The van der Waals surface area contributed by atoms with Gasteiger partial charge in [0.05, 0.1) is 34.2 Å². The van der Waals surface area contributed by atoms with Crippen LogP contribution in [0, 0.1) is 0 Å². The molecular formula is C24H24N8O4S2. The zero-order valence-corrected chi connectivity index (χ0v) is 21.8. The van der Waals surface area contributed by atoms with Crippen LogP contribution in [-0.4, -0.2) is 64.7 Å². The van der Waals surface area contributed by atoms with Crippen molar-refractivity contribution in [3.8, 4) is 10.6 Å². The second-order valence-corrected chi connectivity index (χ2v) is 10.8. The summed E-state index contributed by atoms with van der Waals surface area (Å²) < 4.78 is 13.5. The number of anilines is 2. The lowest BCUT2D eigenvalue weighted by Crippen LogP contribution is -2.36. The van der Waals surface area contributed by atoms with E-state index in [0.717, 1.165) is 33.2 Å². The van der Waals surface area contributed by atoms with Crippen molar-refractivity contribution in [1.82, 2.24) is 19.4 Å². The van der Waals surface area contributed by atoms with Gasteiger partial charge in [0.15, 0.2) is 11.2 Å². The number of hydrogen-bond acceptors (Lipinski definition) is 12. The summed E-state index contributed by atoms with van der Waals surface area (Å²) in [5.74, 6) is -0.0889. The Balaban J connectivity index is 1.36. The average Bonchev–Trinajstić information content (AvgIpc) is 3.67. The first-order valence-electron chi connectivity index (χ1n) is 12.0. The number of nitrogens with two attached hydrogens (primary N) is 2. The second kappa shape index (κ2) is 10.1. The van der Waals surface area contributed by atoms with Gasteiger partial charge in [0.25, 0.3) is 5.91 Å². The molecule has 1 aliphatic heterocycles. The first-order chi connectivity index (χ1) is 18.5. The molecule has 38 heavy (non-hydrogen) atoms. The number of hydrogen-bond donors (Lipinski definition) is 3. The third kappa shape index (κ3) is 4.41. The number of aromatic nitrogens is 4. The Morgan fingerprint density at radius 3 is 2.84 bits per heavy atom. The molecule has 6 rings (SSSR count). The van der Waals surface area contributed by atoms with E-state index in [-0.39, 0.29) is 11.0 Å². The van der Waals surface area contributed by atoms with Gasteiger partial charge >= 0.3 is 0 Å². The van der Waals surface area contributed by atoms with Crippen molar-refractivity contribution in [2.75, 3.05) is 49.6 Å². The van der Waals surface area contributed by atoms with Crippen LogP contribution < -0.4 is 27.1 Å². The van der Waals surface area contributed by atoms with Gasteiger partial charge in [-0.1, -0.05) is 0 Å². The van der Waals surface area contributed by atoms with Gasteiger partial charge in [-0.3, -0.25) is 14.0 Å². The number of furan rings is 1. The average molecular weight is 553 g/mol. The molecule has 0 aromatic carbocycles. The molecule has 5 N–H and O–H groups in total. The lowest BCUT2D eigenvalue weighted by atomic mass is 10.1. The fourth-order valence-corrected chi connectivity index (χ4v) is 6.59. The summed E-state index contributed by atoms with van der Waals surface area (Å²) in [6.07, 6.45) is 6.94. The number of amides is 1. The Kier molecular flexibility index (Phi) is 6.53. The van der Waals surface area contributed by atoms with E-state index in [1.165, 1.54) is 22.7 Å². The van der Waals surface area contributed by atoms with Crippen LogP contribution in [0.4, 0.5) is 10.9 Å². The molecule has 1 amide bonds. The van der Waals surface area contributed by atoms with Crippen LogP contribution in [-0.2, 0) is 11.2 Å². The molecule has 1 saturated heterocycles. The van der Waals surface area contributed by atoms with Crippen molar-refractivity contribution in [2.45, 2.75) is 6.42 Å². The highest BCUT2D eigenvalue weighted by molar-refractivity contribution is 7.23. The molecule has 196 valence electrons. The number of thiazole rings is 1. The van der Waals surface area contributed by atoms with Crippen molar-refractivity contribution < 1.29 is 13.9 Å². The molecule has 6 heterocycles. The Morgan fingerprint density at radius 2 is 2.05 bits per heavy atom. The van der Waals surface area contributed by atoms with Crippen LogP contribution in [0.15, 0.2) is 40.1 Å². The molecule has 0 saturated carbocycles. The predicted octanol–water partition coefficient (Wildman–Crippen LogP) is 1.92. The summed E-state index contributed by atoms with van der Waals surface area (Å²) in [5, 5.41) is 4.76. The van der Waals surface area contributed by atoms with Crippen molar-refractivity contribution in [3.63, 3.8) is 0 Å². The van der Waals surface area contributed by atoms with Crippen LogP contribution in [0.25, 0.3) is 26.5 Å². The van der Waals surface area contributed by atoms with E-state index in [1.54, 1.807) is 35.3 Å². The quantitative estimate of drug-likeness (QED) is 0.259. The van der Waals surface area contributed by atoms with Crippen LogP contribution >= 0.6 is 22.7 Å². The number of imidazole rings is 1. The van der Waals surface area contributed by atoms with Crippen LogP contribution in [0.2, 0.25) is 0 Å². The van der Waals surface area contributed by atoms with E-state index in [0.29, 0.717) is 60.6 Å². The second-order valence-electron chi connectivity index (χ2n) is 8.62. The number of rotatable bonds is 8. The standard InChI is InChI=1S/C24H24N8O4S2/c25-1-2-28-24-30-15(18(21(26)34)22-27-3-4-32(22)24)9-13-11-29-23(37-13)14-12-36-19-16(33)10-17(38-20(14)19)31-5-7-35-8-6-31/h3-4,10-12H,1-2,5-9,25H2,(H2,26,34)(H,28,30). The zero-order chi connectivity index (χ0) is 26.2. The fourth-order valence-electron chi connectivity index (χ4n) is 4.41. The first-order valence-corrected chi connectivity index (χ1v) is 13.6. The normalized spacial score (nSPS) is 14.0. The molecule has 1 aliphatic rings. The number of ether oxygens (including phenoxy) is 1. The molecule has 0 spiro atoms. The topological polar surface area (TPSA) is 167 Å². The maximum Gasteiger partial charge on any atom is 0.254 e. The summed E-state index contributed by atoms with van der Waals surface area (Å²) in [6, 6.07) is 1.62. The minimum absolute atomic E-state index is 0.163. The highest BCUT2D eigenvalue weighted by Crippen LogP contribution is 2.38. The van der Waals surface area contributed by atoms with E-state index in [4.69, 9.17) is 20.6 Å². The summed E-state index contributed by atoms with van der Waals surface area (Å²) in [5.41, 5.74) is 13.5. The van der Waals surface area contributed by atoms with Gasteiger partial charge in [-0.2, -0.15) is 0 Å². The van der Waals surface area contributed by atoms with Gasteiger partial charge < -0.3 is 30.8 Å². The first kappa shape index (κ1) is 24.5. The number of fused-ring (bicyclic) bond motifs is 2. The number of carbonyl (C=O) groups is 1. The molecule has 0 atom stereocenters. The van der Waals surface area contributed by atoms with Gasteiger partial charge in [-0.25, -0.2) is 15.0 Å². The Bertz CT molecular complexity index is 1700. The van der Waals surface area contributed by atoms with E-state index < -0.39 is 5.91 Å². The van der Waals surface area contributed by atoms with Gasteiger partial charge in [0.1, 0.15) is 16.8 Å². The predicted molar refractivity (Wildman–Crippen MR) is 146 cm³/mol. The molecule has 1 fully saturated rings. The molecule has 5 aromatic heterocycles. The van der Waals surface area contributed by atoms with Crippen LogP contribution in [0.1, 0.15) is 20.9 Å². The van der Waals surface area contributed by atoms with Crippen molar-refractivity contribution in [1.29, 1.82) is 0 Å². The van der Waals surface area contributed by atoms with Gasteiger partial charge in [0, 0.05) is 62.1 Å². The molecule has 5 aromatic rings. The minimum atomic E-state index is -0.611. The Morgan fingerprint density at radius 1 is 1.21 bits per heavy atom. The molecular weight excluding hydrogens is 528 g/mol. The molecule has 12 nitrogen and oxygen atoms in total. The molecule has 14 heteroatoms. The van der Waals surface area contributed by atoms with Crippen molar-refractivity contribution >= 4 is 55.5 Å². The summed E-state index contributed by atoms with van der Waals surface area (Å²) in [6.45, 7) is 3.64. The highest BCUT2D eigenvalue weighted by Gasteiger charge is 2.22. The zero-order valence-electron chi connectivity index (χ0n) is 20.2. The third-order valence-corrected chi connectivity index (χ3v) is 8.40. The highest BCUT2D eigenvalue weighted by atomic mass is 32.1. The molecule has 0 bridgehead atoms. The summed E-state index contributed by atoms with van der Waals surface area (Å²) >= 11 is 2.95. The monoisotopic (exact) mass is 552 g/mol. The lowest BCUT2D eigenvalue weighted by Gasteiger charge is -2.27. The molecule has 0 aliphatic carbocycles. The number of carbonyl (C=O) groups excluding carboxylic acids is 1. The maximum absolute atomic E-state index is 12.8. The van der Waals surface area contributed by atoms with Crippen molar-refractivity contribution in [3.05, 3.63) is 57.3 Å². The molecule has 0 radical (unpaired) electrons. The number of nitrogens with one attached hydrogen (secondary N) is 1. The van der Waals surface area contributed by atoms with Gasteiger partial charge in [0.2, 0.25) is 11.4 Å². The lowest BCUT2D eigenvalue weighted by molar-refractivity contribution is 0.1000. The fraction of sp³-hybridized carbons (Fsp3) is 0.292. The van der Waals surface area contributed by atoms with E-state index in [1.807, 2.05) is 0 Å².